The maximum atomic E-state index is 12.4. The number of amides is 1. The maximum Gasteiger partial charge on any atom is 0.401 e. The van der Waals surface area contributed by atoms with Crippen molar-refractivity contribution in [2.24, 2.45) is 0 Å². The zero-order chi connectivity index (χ0) is 15.9. The van der Waals surface area contributed by atoms with Gasteiger partial charge in [0.1, 0.15) is 0 Å². The Morgan fingerprint density at radius 2 is 2.00 bits per heavy atom. The van der Waals surface area contributed by atoms with Gasteiger partial charge < -0.3 is 10.4 Å². The van der Waals surface area contributed by atoms with Crippen molar-refractivity contribution in [1.82, 2.24) is 4.90 Å². The van der Waals surface area contributed by atoms with Crippen LogP contribution in [0.15, 0.2) is 24.3 Å². The molecule has 0 heterocycles. The number of hydrogen-bond donors (Lipinski definition) is 2. The highest BCUT2D eigenvalue weighted by molar-refractivity contribution is 6.33. The molecule has 118 valence electrons. The van der Waals surface area contributed by atoms with Crippen LogP contribution in [0, 0.1) is 0 Å². The molecule has 1 rings (SSSR count). The zero-order valence-electron chi connectivity index (χ0n) is 11.2. The molecule has 0 spiro atoms. The summed E-state index contributed by atoms with van der Waals surface area (Å²) in [6.45, 7) is -1.89. The first kappa shape index (κ1) is 17.7. The second-order valence-electron chi connectivity index (χ2n) is 4.43. The lowest BCUT2D eigenvalue weighted by Gasteiger charge is -2.22. The van der Waals surface area contributed by atoms with E-state index in [1.54, 1.807) is 24.3 Å². The smallest absolute Gasteiger partial charge is 0.396 e. The largest absolute Gasteiger partial charge is 0.401 e. The minimum absolute atomic E-state index is 0.0219. The number of anilines is 1. The molecule has 0 bridgehead atoms. The Morgan fingerprint density at radius 3 is 2.57 bits per heavy atom. The molecule has 0 aliphatic rings. The van der Waals surface area contributed by atoms with Crippen LogP contribution in [0.4, 0.5) is 18.9 Å². The van der Waals surface area contributed by atoms with Crippen molar-refractivity contribution < 1.29 is 23.1 Å². The van der Waals surface area contributed by atoms with E-state index in [4.69, 9.17) is 16.7 Å². The Balaban J connectivity index is 2.61. The van der Waals surface area contributed by atoms with E-state index < -0.39 is 25.2 Å². The number of hydrogen-bond acceptors (Lipinski definition) is 3. The lowest BCUT2D eigenvalue weighted by molar-refractivity contribution is -0.148. The van der Waals surface area contributed by atoms with Crippen LogP contribution < -0.4 is 5.32 Å². The number of aliphatic hydroxyl groups excluding tert-OH is 1. The number of nitrogens with zero attached hydrogens (tertiary/aromatic N) is 1. The fourth-order valence-corrected chi connectivity index (χ4v) is 1.90. The minimum Gasteiger partial charge on any atom is -0.396 e. The van der Waals surface area contributed by atoms with Crippen molar-refractivity contribution in [3.05, 3.63) is 29.3 Å². The number of aliphatic hydroxyl groups is 1. The number of alkyl halides is 3. The SMILES string of the molecule is O=C(CN(CCCO)CC(F)(F)F)Nc1ccccc1Cl. The Bertz CT molecular complexity index is 469. The van der Waals surface area contributed by atoms with E-state index in [1.165, 1.54) is 0 Å². The lowest BCUT2D eigenvalue weighted by atomic mass is 10.3. The second kappa shape index (κ2) is 8.21. The molecule has 21 heavy (non-hydrogen) atoms. The Labute approximate surface area is 125 Å². The number of benzene rings is 1. The first-order chi connectivity index (χ1) is 9.81. The van der Waals surface area contributed by atoms with Gasteiger partial charge in [0.05, 0.1) is 23.8 Å². The number of halogens is 4. The molecule has 0 aromatic heterocycles. The van der Waals surface area contributed by atoms with E-state index in [9.17, 15) is 18.0 Å². The van der Waals surface area contributed by atoms with Crippen molar-refractivity contribution in [3.8, 4) is 0 Å². The fourth-order valence-electron chi connectivity index (χ4n) is 1.72. The molecule has 0 fully saturated rings. The predicted octanol–water partition coefficient (Wildman–Crippen LogP) is 2.53. The highest BCUT2D eigenvalue weighted by Gasteiger charge is 2.31. The third kappa shape index (κ3) is 7.31. The van der Waals surface area contributed by atoms with Gasteiger partial charge in [0, 0.05) is 13.2 Å². The Morgan fingerprint density at radius 1 is 1.33 bits per heavy atom. The van der Waals surface area contributed by atoms with Crippen LogP contribution in [-0.2, 0) is 4.79 Å². The van der Waals surface area contributed by atoms with E-state index in [-0.39, 0.29) is 19.6 Å². The summed E-state index contributed by atoms with van der Waals surface area (Å²) in [7, 11) is 0. The van der Waals surface area contributed by atoms with Gasteiger partial charge in [-0.25, -0.2) is 0 Å². The maximum absolute atomic E-state index is 12.4. The third-order valence-corrected chi connectivity index (χ3v) is 2.88. The monoisotopic (exact) mass is 324 g/mol. The molecule has 0 radical (unpaired) electrons. The van der Waals surface area contributed by atoms with Crippen molar-refractivity contribution >= 4 is 23.2 Å². The summed E-state index contributed by atoms with van der Waals surface area (Å²) < 4.78 is 37.3. The number of para-hydroxylation sites is 1. The van der Waals surface area contributed by atoms with Crippen LogP contribution >= 0.6 is 11.6 Å². The highest BCUT2D eigenvalue weighted by atomic mass is 35.5. The number of carbonyl (C=O) groups excluding carboxylic acids is 1. The number of rotatable bonds is 7. The van der Waals surface area contributed by atoms with Crippen LogP contribution in [0.25, 0.3) is 0 Å². The van der Waals surface area contributed by atoms with Gasteiger partial charge >= 0.3 is 6.18 Å². The van der Waals surface area contributed by atoms with Crippen molar-refractivity contribution in [1.29, 1.82) is 0 Å². The molecule has 0 aliphatic carbocycles. The van der Waals surface area contributed by atoms with Gasteiger partial charge in [0.2, 0.25) is 5.91 Å². The topological polar surface area (TPSA) is 52.6 Å². The van der Waals surface area contributed by atoms with Gasteiger partial charge in [-0.05, 0) is 18.6 Å². The molecule has 0 saturated heterocycles. The van der Waals surface area contributed by atoms with E-state index >= 15 is 0 Å². The summed E-state index contributed by atoms with van der Waals surface area (Å²) in [5, 5.41) is 11.5. The lowest BCUT2D eigenvalue weighted by Crippen LogP contribution is -2.40. The molecular formula is C13H16ClF3N2O2. The molecule has 1 aromatic rings. The first-order valence-corrected chi connectivity index (χ1v) is 6.64. The van der Waals surface area contributed by atoms with Crippen LogP contribution in [0.2, 0.25) is 5.02 Å². The van der Waals surface area contributed by atoms with Crippen LogP contribution in [0.1, 0.15) is 6.42 Å². The summed E-state index contributed by atoms with van der Waals surface area (Å²) >= 11 is 5.85. The zero-order valence-corrected chi connectivity index (χ0v) is 11.9. The molecule has 1 amide bonds. The molecule has 0 unspecified atom stereocenters. The highest BCUT2D eigenvalue weighted by Crippen LogP contribution is 2.21. The summed E-state index contributed by atoms with van der Waals surface area (Å²) in [6, 6.07) is 6.45. The molecule has 0 aliphatic heterocycles. The first-order valence-electron chi connectivity index (χ1n) is 6.26. The van der Waals surface area contributed by atoms with E-state index in [0.717, 1.165) is 4.90 Å². The summed E-state index contributed by atoms with van der Waals surface area (Å²) in [4.78, 5) is 12.7. The fraction of sp³-hybridized carbons (Fsp3) is 0.462. The number of carbonyl (C=O) groups is 1. The average molecular weight is 325 g/mol. The van der Waals surface area contributed by atoms with Crippen molar-refractivity contribution in [2.75, 3.05) is 31.6 Å². The quantitative estimate of drug-likeness (QED) is 0.810. The van der Waals surface area contributed by atoms with Gasteiger partial charge in [0.15, 0.2) is 0 Å². The van der Waals surface area contributed by atoms with E-state index in [1.807, 2.05) is 0 Å². The Kier molecular flexibility index (Phi) is 6.94. The minimum atomic E-state index is -4.40. The summed E-state index contributed by atoms with van der Waals surface area (Å²) in [5.41, 5.74) is 0.346. The molecule has 4 nitrogen and oxygen atoms in total. The molecule has 8 heteroatoms. The van der Waals surface area contributed by atoms with Gasteiger partial charge in [-0.15, -0.1) is 0 Å². The van der Waals surface area contributed by atoms with Gasteiger partial charge in [0.25, 0.3) is 0 Å². The molecule has 1 aromatic carbocycles. The van der Waals surface area contributed by atoms with Crippen LogP contribution in [0.5, 0.6) is 0 Å². The van der Waals surface area contributed by atoms with Crippen molar-refractivity contribution in [2.45, 2.75) is 12.6 Å². The van der Waals surface area contributed by atoms with Gasteiger partial charge in [-0.2, -0.15) is 13.2 Å². The molecule has 0 saturated carbocycles. The summed E-state index contributed by atoms with van der Waals surface area (Å²) in [6.07, 6.45) is -4.24. The van der Waals surface area contributed by atoms with E-state index in [0.29, 0.717) is 10.7 Å². The summed E-state index contributed by atoms with van der Waals surface area (Å²) in [5.74, 6) is -0.592. The average Bonchev–Trinajstić information content (AvgIpc) is 2.37. The molecular weight excluding hydrogens is 309 g/mol. The van der Waals surface area contributed by atoms with Gasteiger partial charge in [-0.1, -0.05) is 23.7 Å². The van der Waals surface area contributed by atoms with Crippen LogP contribution in [0.3, 0.4) is 0 Å². The van der Waals surface area contributed by atoms with Crippen LogP contribution in [-0.4, -0.2) is 48.3 Å². The standard InChI is InChI=1S/C13H16ClF3N2O2/c14-10-4-1-2-5-11(10)18-12(21)8-19(6-3-7-20)9-13(15,16)17/h1-2,4-5,20H,3,6-9H2,(H,18,21). The third-order valence-electron chi connectivity index (χ3n) is 2.55. The molecule has 2 N–H and O–H groups in total. The van der Waals surface area contributed by atoms with Crippen molar-refractivity contribution in [3.63, 3.8) is 0 Å². The predicted molar refractivity (Wildman–Crippen MR) is 74.3 cm³/mol. The molecule has 0 atom stereocenters. The Hall–Kier alpha value is -1.31. The second-order valence-corrected chi connectivity index (χ2v) is 4.84. The normalized spacial score (nSPS) is 11.7. The van der Waals surface area contributed by atoms with Gasteiger partial charge in [-0.3, -0.25) is 9.69 Å². The number of nitrogens with one attached hydrogen (secondary N) is 1. The van der Waals surface area contributed by atoms with E-state index in [2.05, 4.69) is 5.32 Å².